The highest BCUT2D eigenvalue weighted by atomic mass is 14.3. The van der Waals surface area contributed by atoms with Gasteiger partial charge in [0.15, 0.2) is 0 Å². The van der Waals surface area contributed by atoms with Crippen LogP contribution in [0.25, 0.3) is 33.0 Å². The second-order valence-electron chi connectivity index (χ2n) is 8.82. The Kier molecular flexibility index (Phi) is 3.21. The van der Waals surface area contributed by atoms with E-state index >= 15 is 0 Å². The summed E-state index contributed by atoms with van der Waals surface area (Å²) >= 11 is 0. The van der Waals surface area contributed by atoms with E-state index < -0.39 is 0 Å². The van der Waals surface area contributed by atoms with Gasteiger partial charge in [0.05, 0.1) is 0 Å². The summed E-state index contributed by atoms with van der Waals surface area (Å²) in [6, 6.07) is 23.2. The van der Waals surface area contributed by atoms with E-state index in [1.807, 2.05) is 0 Å². The molecule has 136 valence electrons. The van der Waals surface area contributed by atoms with Gasteiger partial charge in [-0.05, 0) is 98.2 Å². The van der Waals surface area contributed by atoms with Gasteiger partial charge in [-0.25, -0.2) is 0 Å². The van der Waals surface area contributed by atoms with Gasteiger partial charge in [-0.15, -0.1) is 0 Å². The fourth-order valence-corrected chi connectivity index (χ4v) is 5.67. The lowest BCUT2D eigenvalue weighted by atomic mass is 9.89. The van der Waals surface area contributed by atoms with Crippen LogP contribution < -0.4 is 0 Å². The summed E-state index contributed by atoms with van der Waals surface area (Å²) in [6.07, 6.45) is 2.13. The minimum Gasteiger partial charge on any atom is -0.0619 e. The van der Waals surface area contributed by atoms with Crippen LogP contribution in [-0.4, -0.2) is 0 Å². The molecule has 0 heteroatoms. The van der Waals surface area contributed by atoms with E-state index in [2.05, 4.69) is 81.4 Å². The molecule has 4 aromatic carbocycles. The minimum atomic E-state index is 0.562. The maximum absolute atomic E-state index is 2.47. The lowest BCUT2D eigenvalue weighted by molar-refractivity contribution is 0.842. The van der Waals surface area contributed by atoms with Gasteiger partial charge in [0, 0.05) is 0 Å². The van der Waals surface area contributed by atoms with E-state index in [9.17, 15) is 0 Å². The molecule has 0 bridgehead atoms. The maximum atomic E-state index is 2.47. The summed E-state index contributed by atoms with van der Waals surface area (Å²) in [7, 11) is 0. The Morgan fingerprint density at radius 3 is 2.43 bits per heavy atom. The van der Waals surface area contributed by atoms with Crippen LogP contribution in [0.4, 0.5) is 0 Å². The van der Waals surface area contributed by atoms with Crippen LogP contribution in [0.2, 0.25) is 0 Å². The molecule has 0 heterocycles. The molecule has 0 amide bonds. The quantitative estimate of drug-likeness (QED) is 0.286. The van der Waals surface area contributed by atoms with Gasteiger partial charge in [0.25, 0.3) is 0 Å². The standard InChI is InChI=1S/C28H24/c1-16(2)27-17(3)8-11-23-26(27)14-20-10-9-19-13-21-12-18-6-4-5-7-22(18)24(21)15-25(19)28(20)23/h4-11,13,15-16H,12,14H2,1-3H3. The molecule has 2 aliphatic carbocycles. The monoisotopic (exact) mass is 360 g/mol. The molecule has 0 nitrogen and oxygen atoms in total. The third kappa shape index (κ3) is 2.06. The molecule has 6 rings (SSSR count). The van der Waals surface area contributed by atoms with Crippen molar-refractivity contribution in [3.8, 4) is 22.3 Å². The van der Waals surface area contributed by atoms with Crippen LogP contribution in [0, 0.1) is 6.92 Å². The van der Waals surface area contributed by atoms with Gasteiger partial charge in [0.2, 0.25) is 0 Å². The molecule has 0 radical (unpaired) electrons. The summed E-state index contributed by atoms with van der Waals surface area (Å²) in [5, 5.41) is 2.80. The van der Waals surface area contributed by atoms with Crippen molar-refractivity contribution in [1.82, 2.24) is 0 Å². The largest absolute Gasteiger partial charge is 0.0619 e. The molecule has 0 aliphatic heterocycles. The number of fused-ring (bicyclic) bond motifs is 8. The highest BCUT2D eigenvalue weighted by Gasteiger charge is 2.26. The third-order valence-corrected chi connectivity index (χ3v) is 6.81. The molecule has 0 saturated carbocycles. The van der Waals surface area contributed by atoms with Crippen LogP contribution in [0.5, 0.6) is 0 Å². The smallest absolute Gasteiger partial charge is 0.00103 e. The Labute approximate surface area is 166 Å². The number of rotatable bonds is 1. The van der Waals surface area contributed by atoms with Crippen molar-refractivity contribution < 1.29 is 0 Å². The molecule has 28 heavy (non-hydrogen) atoms. The summed E-state index contributed by atoms with van der Waals surface area (Å²) in [6.45, 7) is 6.92. The minimum absolute atomic E-state index is 0.562. The van der Waals surface area contributed by atoms with Gasteiger partial charge in [-0.2, -0.15) is 0 Å². The van der Waals surface area contributed by atoms with Crippen molar-refractivity contribution >= 4 is 10.8 Å². The third-order valence-electron chi connectivity index (χ3n) is 6.81. The second-order valence-corrected chi connectivity index (χ2v) is 8.82. The zero-order chi connectivity index (χ0) is 19.0. The molecule has 0 fully saturated rings. The molecule has 0 atom stereocenters. The van der Waals surface area contributed by atoms with Crippen LogP contribution in [0.15, 0.2) is 60.7 Å². The van der Waals surface area contributed by atoms with Crippen molar-refractivity contribution in [3.05, 3.63) is 94.0 Å². The summed E-state index contributed by atoms with van der Waals surface area (Å²) in [5.41, 5.74) is 14.7. The van der Waals surface area contributed by atoms with Crippen molar-refractivity contribution in [2.75, 3.05) is 0 Å². The fourth-order valence-electron chi connectivity index (χ4n) is 5.67. The molecule has 4 aromatic rings. The summed E-state index contributed by atoms with van der Waals surface area (Å²) < 4.78 is 0. The average molecular weight is 361 g/mol. The lowest BCUT2D eigenvalue weighted by Gasteiger charge is -2.16. The van der Waals surface area contributed by atoms with E-state index in [0.717, 1.165) is 12.8 Å². The first-order chi connectivity index (χ1) is 13.6. The van der Waals surface area contributed by atoms with Crippen LogP contribution in [-0.2, 0) is 12.8 Å². The van der Waals surface area contributed by atoms with E-state index in [-0.39, 0.29) is 0 Å². The SMILES string of the molecule is Cc1ccc2c(c1C(C)C)Cc1ccc3cc4c(cc3c1-2)-c1ccccc1C4. The highest BCUT2D eigenvalue weighted by Crippen LogP contribution is 2.47. The van der Waals surface area contributed by atoms with Crippen LogP contribution in [0.3, 0.4) is 0 Å². The van der Waals surface area contributed by atoms with Crippen molar-refractivity contribution in [1.29, 1.82) is 0 Å². The van der Waals surface area contributed by atoms with E-state index in [1.54, 1.807) is 11.1 Å². The fraction of sp³-hybridized carbons (Fsp3) is 0.214. The zero-order valence-corrected chi connectivity index (χ0v) is 16.8. The van der Waals surface area contributed by atoms with E-state index in [1.165, 1.54) is 55.3 Å². The van der Waals surface area contributed by atoms with Gasteiger partial charge in [-0.3, -0.25) is 0 Å². The normalized spacial score (nSPS) is 13.6. The summed E-state index contributed by atoms with van der Waals surface area (Å²) in [5.74, 6) is 0.562. The number of benzene rings is 4. The topological polar surface area (TPSA) is 0 Å². The average Bonchev–Trinajstić information content (AvgIpc) is 3.23. The van der Waals surface area contributed by atoms with Crippen LogP contribution >= 0.6 is 0 Å². The van der Waals surface area contributed by atoms with Gasteiger partial charge < -0.3 is 0 Å². The predicted octanol–water partition coefficient (Wildman–Crippen LogP) is 7.41. The number of hydrogen-bond acceptors (Lipinski definition) is 0. The van der Waals surface area contributed by atoms with Gasteiger partial charge >= 0.3 is 0 Å². The molecular weight excluding hydrogens is 336 g/mol. The molecular formula is C28H24. The first-order valence-corrected chi connectivity index (χ1v) is 10.4. The number of aryl methyl sites for hydroxylation is 1. The molecule has 0 N–H and O–H groups in total. The van der Waals surface area contributed by atoms with Crippen molar-refractivity contribution in [2.45, 2.75) is 39.5 Å². The molecule has 2 aliphatic rings. The Balaban J connectivity index is 1.66. The Morgan fingerprint density at radius 2 is 1.57 bits per heavy atom. The molecule has 0 unspecified atom stereocenters. The first kappa shape index (κ1) is 16.1. The second kappa shape index (κ2) is 5.58. The Hall–Kier alpha value is -2.86. The van der Waals surface area contributed by atoms with Gasteiger partial charge in [-0.1, -0.05) is 68.4 Å². The zero-order valence-electron chi connectivity index (χ0n) is 16.8. The first-order valence-electron chi connectivity index (χ1n) is 10.4. The van der Waals surface area contributed by atoms with Crippen molar-refractivity contribution in [3.63, 3.8) is 0 Å². The Morgan fingerprint density at radius 1 is 0.714 bits per heavy atom. The predicted molar refractivity (Wildman–Crippen MR) is 119 cm³/mol. The van der Waals surface area contributed by atoms with E-state index in [4.69, 9.17) is 0 Å². The maximum Gasteiger partial charge on any atom is -0.00103 e. The lowest BCUT2D eigenvalue weighted by Crippen LogP contribution is -1.98. The highest BCUT2D eigenvalue weighted by molar-refractivity contribution is 6.04. The molecule has 0 spiro atoms. The van der Waals surface area contributed by atoms with Crippen LogP contribution in [0.1, 0.15) is 53.1 Å². The van der Waals surface area contributed by atoms with E-state index in [0.29, 0.717) is 5.92 Å². The summed E-state index contributed by atoms with van der Waals surface area (Å²) in [4.78, 5) is 0. The van der Waals surface area contributed by atoms with Crippen molar-refractivity contribution in [2.24, 2.45) is 0 Å². The Bertz CT molecular complexity index is 1290. The number of hydrogen-bond donors (Lipinski definition) is 0. The van der Waals surface area contributed by atoms with Gasteiger partial charge in [0.1, 0.15) is 0 Å². The molecule has 0 aromatic heterocycles. The molecule has 0 saturated heterocycles.